The lowest BCUT2D eigenvalue weighted by atomic mass is 9.81. The molecule has 0 amide bonds. The quantitative estimate of drug-likeness (QED) is 0.163. The van der Waals surface area contributed by atoms with E-state index in [1.54, 1.807) is 0 Å². The summed E-state index contributed by atoms with van der Waals surface area (Å²) in [4.78, 5) is 0. The van der Waals surface area contributed by atoms with E-state index >= 15 is 0 Å². The van der Waals surface area contributed by atoms with Crippen LogP contribution in [0.25, 0.3) is 97.0 Å². The van der Waals surface area contributed by atoms with Crippen molar-refractivity contribution in [2.45, 2.75) is 19.3 Å². The van der Waals surface area contributed by atoms with Crippen molar-refractivity contribution in [2.24, 2.45) is 0 Å². The van der Waals surface area contributed by atoms with Gasteiger partial charge in [-0.3, -0.25) is 0 Å². The van der Waals surface area contributed by atoms with E-state index in [1.165, 1.54) is 108 Å². The van der Waals surface area contributed by atoms with Gasteiger partial charge < -0.3 is 0 Å². The smallest absolute Gasteiger partial charge is 0.0433 e. The minimum absolute atomic E-state index is 0.0753. The minimum Gasteiger partial charge on any atom is -0.135 e. The highest BCUT2D eigenvalue weighted by atomic mass is 32.1. The summed E-state index contributed by atoms with van der Waals surface area (Å²) in [6.07, 6.45) is 0. The number of hydrogen-bond acceptors (Lipinski definition) is 1. The topological polar surface area (TPSA) is 0 Å². The zero-order chi connectivity index (χ0) is 34.6. The Kier molecular flexibility index (Phi) is 6.27. The van der Waals surface area contributed by atoms with Crippen LogP contribution in [0.5, 0.6) is 0 Å². The molecule has 0 aliphatic heterocycles. The predicted octanol–water partition coefficient (Wildman–Crippen LogP) is 14.8. The molecule has 0 nitrogen and oxygen atoms in total. The average molecular weight is 679 g/mol. The van der Waals surface area contributed by atoms with E-state index in [-0.39, 0.29) is 5.41 Å². The van der Waals surface area contributed by atoms with Gasteiger partial charge in [0.2, 0.25) is 0 Å². The third-order valence-electron chi connectivity index (χ3n) is 11.7. The Morgan fingerprint density at radius 1 is 0.365 bits per heavy atom. The Hall–Kier alpha value is -6.02. The van der Waals surface area contributed by atoms with Gasteiger partial charge in [-0.15, -0.1) is 11.3 Å². The molecular weight excluding hydrogens is 645 g/mol. The second-order valence-corrected chi connectivity index (χ2v) is 15.9. The highest BCUT2D eigenvalue weighted by molar-refractivity contribution is 7.26. The van der Waals surface area contributed by atoms with Gasteiger partial charge in [0.15, 0.2) is 0 Å². The van der Waals surface area contributed by atoms with Crippen LogP contribution in [-0.2, 0) is 5.41 Å². The SMILES string of the molecule is CC1(C)c2ccc(-c3ccc(-c4c5ccccc5c(-c5ccccc5)c5ccccc45)cc3)cc2-c2cc3ccc4c5ccccc5sc4c3cc21. The van der Waals surface area contributed by atoms with Crippen LogP contribution in [-0.4, -0.2) is 0 Å². The summed E-state index contributed by atoms with van der Waals surface area (Å²) < 4.78 is 2.75. The van der Waals surface area contributed by atoms with Gasteiger partial charge in [0.05, 0.1) is 0 Å². The van der Waals surface area contributed by atoms with Crippen molar-refractivity contribution in [1.82, 2.24) is 0 Å². The average Bonchev–Trinajstić information content (AvgIpc) is 3.68. The van der Waals surface area contributed by atoms with Gasteiger partial charge in [-0.1, -0.05) is 159 Å². The molecule has 0 atom stereocenters. The number of fused-ring (bicyclic) bond motifs is 10. The summed E-state index contributed by atoms with van der Waals surface area (Å²) in [5.41, 5.74) is 13.0. The maximum atomic E-state index is 2.49. The Morgan fingerprint density at radius 2 is 0.904 bits per heavy atom. The zero-order valence-corrected chi connectivity index (χ0v) is 29.9. The molecule has 0 saturated heterocycles. The molecule has 0 saturated carbocycles. The summed E-state index contributed by atoms with van der Waals surface area (Å²) >= 11 is 1.92. The van der Waals surface area contributed by atoms with Crippen molar-refractivity contribution in [3.63, 3.8) is 0 Å². The van der Waals surface area contributed by atoms with E-state index in [0.717, 1.165) is 0 Å². The summed E-state index contributed by atoms with van der Waals surface area (Å²) in [6.45, 7) is 4.78. The molecule has 9 aromatic carbocycles. The number of rotatable bonds is 3. The highest BCUT2D eigenvalue weighted by Crippen LogP contribution is 2.52. The zero-order valence-electron chi connectivity index (χ0n) is 29.1. The van der Waals surface area contributed by atoms with Crippen LogP contribution in [0.4, 0.5) is 0 Å². The second kappa shape index (κ2) is 11.0. The van der Waals surface area contributed by atoms with Crippen LogP contribution in [0, 0.1) is 0 Å². The number of thiophene rings is 1. The molecule has 0 bridgehead atoms. The van der Waals surface area contributed by atoms with E-state index in [0.29, 0.717) is 0 Å². The maximum absolute atomic E-state index is 2.49. The largest absolute Gasteiger partial charge is 0.135 e. The molecule has 52 heavy (non-hydrogen) atoms. The molecule has 10 aromatic rings. The lowest BCUT2D eigenvalue weighted by Crippen LogP contribution is -2.14. The minimum atomic E-state index is -0.0753. The van der Waals surface area contributed by atoms with Gasteiger partial charge in [0.1, 0.15) is 0 Å². The monoisotopic (exact) mass is 678 g/mol. The first-order valence-corrected chi connectivity index (χ1v) is 19.0. The molecule has 244 valence electrons. The van der Waals surface area contributed by atoms with Gasteiger partial charge in [-0.05, 0) is 112 Å². The predicted molar refractivity (Wildman–Crippen MR) is 226 cm³/mol. The van der Waals surface area contributed by atoms with Crippen LogP contribution >= 0.6 is 11.3 Å². The van der Waals surface area contributed by atoms with Crippen molar-refractivity contribution in [2.75, 3.05) is 0 Å². The molecule has 1 heteroatoms. The standard InChI is InChI=1S/C51H34S/c1-51(2)45-27-25-34(28-43(45)44-29-35-24-26-41-36-14-10-11-19-47(36)52-50(41)42(35)30-46(44)51)31-20-22-33(23-21-31)49-39-17-8-6-15-37(39)48(32-12-4-3-5-13-32)38-16-7-9-18-40(38)49/h3-30H,1-2H3. The van der Waals surface area contributed by atoms with E-state index in [1.807, 2.05) is 11.3 Å². The van der Waals surface area contributed by atoms with E-state index in [4.69, 9.17) is 0 Å². The molecule has 0 fully saturated rings. The molecule has 11 rings (SSSR count). The third-order valence-corrected chi connectivity index (χ3v) is 12.9. The van der Waals surface area contributed by atoms with Crippen LogP contribution < -0.4 is 0 Å². The molecule has 0 radical (unpaired) electrons. The van der Waals surface area contributed by atoms with Crippen molar-refractivity contribution in [3.05, 3.63) is 181 Å². The molecule has 1 aliphatic carbocycles. The summed E-state index contributed by atoms with van der Waals surface area (Å²) in [5.74, 6) is 0. The molecule has 1 heterocycles. The van der Waals surface area contributed by atoms with Crippen LogP contribution in [0.1, 0.15) is 25.0 Å². The van der Waals surface area contributed by atoms with Crippen LogP contribution in [0.2, 0.25) is 0 Å². The van der Waals surface area contributed by atoms with Crippen molar-refractivity contribution >= 4 is 63.8 Å². The van der Waals surface area contributed by atoms with Crippen LogP contribution in [0.15, 0.2) is 170 Å². The summed E-state index contributed by atoms with van der Waals surface area (Å²) in [6, 6.07) is 63.4. The molecule has 0 N–H and O–H groups in total. The van der Waals surface area contributed by atoms with Gasteiger partial charge in [-0.2, -0.15) is 0 Å². The molecular formula is C51H34S. The van der Waals surface area contributed by atoms with E-state index < -0.39 is 0 Å². The Labute approximate surface area is 307 Å². The number of benzene rings is 9. The fourth-order valence-electron chi connectivity index (χ4n) is 9.12. The first-order valence-electron chi connectivity index (χ1n) is 18.2. The Balaban J connectivity index is 1.04. The van der Waals surface area contributed by atoms with Gasteiger partial charge in [0, 0.05) is 25.6 Å². The van der Waals surface area contributed by atoms with Crippen molar-refractivity contribution in [3.8, 4) is 44.5 Å². The summed E-state index contributed by atoms with van der Waals surface area (Å²) in [7, 11) is 0. The molecule has 1 aromatic heterocycles. The Morgan fingerprint density at radius 3 is 1.58 bits per heavy atom. The third kappa shape index (κ3) is 4.21. The fourth-order valence-corrected chi connectivity index (χ4v) is 10.3. The number of hydrogen-bond donors (Lipinski definition) is 0. The normalized spacial score (nSPS) is 13.3. The molecule has 0 spiro atoms. The molecule has 1 aliphatic rings. The van der Waals surface area contributed by atoms with E-state index in [9.17, 15) is 0 Å². The van der Waals surface area contributed by atoms with Crippen LogP contribution in [0.3, 0.4) is 0 Å². The first kappa shape index (κ1) is 29.7. The lowest BCUT2D eigenvalue weighted by molar-refractivity contribution is 0.661. The lowest BCUT2D eigenvalue weighted by Gasteiger charge is -2.22. The van der Waals surface area contributed by atoms with Gasteiger partial charge in [-0.25, -0.2) is 0 Å². The van der Waals surface area contributed by atoms with Gasteiger partial charge in [0.25, 0.3) is 0 Å². The molecule has 0 unspecified atom stereocenters. The maximum Gasteiger partial charge on any atom is 0.0433 e. The van der Waals surface area contributed by atoms with Crippen molar-refractivity contribution < 1.29 is 0 Å². The fraction of sp³-hybridized carbons (Fsp3) is 0.0588. The summed E-state index contributed by atoms with van der Waals surface area (Å²) in [5, 5.41) is 10.5. The van der Waals surface area contributed by atoms with Crippen molar-refractivity contribution in [1.29, 1.82) is 0 Å². The first-order chi connectivity index (χ1) is 25.5. The van der Waals surface area contributed by atoms with Gasteiger partial charge >= 0.3 is 0 Å². The highest BCUT2D eigenvalue weighted by Gasteiger charge is 2.36. The Bertz CT molecular complexity index is 3010. The second-order valence-electron chi connectivity index (χ2n) is 14.8. The van der Waals surface area contributed by atoms with E-state index in [2.05, 4.69) is 184 Å².